The fraction of sp³-hybridized carbons (Fsp3) is 0.667. The molecule has 2 nitrogen and oxygen atoms in total. The smallest absolute Gasteiger partial charge is 0.0213 e. The van der Waals surface area contributed by atoms with E-state index >= 15 is 0 Å². The van der Waals surface area contributed by atoms with Gasteiger partial charge in [0.1, 0.15) is 0 Å². The van der Waals surface area contributed by atoms with Crippen LogP contribution in [-0.4, -0.2) is 19.6 Å². The Bertz CT molecular complexity index is 276. The van der Waals surface area contributed by atoms with Crippen molar-refractivity contribution in [2.45, 2.75) is 26.3 Å². The summed E-state index contributed by atoms with van der Waals surface area (Å²) in [6.07, 6.45) is 2.59. The maximum absolute atomic E-state index is 3.59. The first-order valence-electron chi connectivity index (χ1n) is 5.77. The highest BCUT2D eigenvalue weighted by Gasteiger charge is 2.31. The largest absolute Gasteiger partial charge is 0.316 e. The lowest BCUT2D eigenvalue weighted by atomic mass is 9.84. The van der Waals surface area contributed by atoms with Gasteiger partial charge < -0.3 is 10.6 Å². The molecule has 1 aromatic rings. The third-order valence-corrected chi connectivity index (χ3v) is 4.22. The van der Waals surface area contributed by atoms with Gasteiger partial charge in [0.05, 0.1) is 0 Å². The number of hydrogen-bond donors (Lipinski definition) is 2. The molecule has 1 aliphatic rings. The number of hydrogen-bond acceptors (Lipinski definition) is 3. The lowest BCUT2D eigenvalue weighted by Gasteiger charge is -2.26. The zero-order valence-electron chi connectivity index (χ0n) is 9.38. The molecule has 1 unspecified atom stereocenters. The van der Waals surface area contributed by atoms with Gasteiger partial charge in [-0.25, -0.2) is 0 Å². The van der Waals surface area contributed by atoms with E-state index in [2.05, 4.69) is 34.4 Å². The molecule has 0 aliphatic carbocycles. The summed E-state index contributed by atoms with van der Waals surface area (Å²) in [6.45, 7) is 6.84. The lowest BCUT2D eigenvalue weighted by molar-refractivity contribution is 0.291. The lowest BCUT2D eigenvalue weighted by Crippen LogP contribution is -2.35. The van der Waals surface area contributed by atoms with Crippen LogP contribution >= 0.6 is 11.3 Å². The van der Waals surface area contributed by atoms with E-state index in [0.717, 1.165) is 13.1 Å². The van der Waals surface area contributed by atoms with Gasteiger partial charge in [0.15, 0.2) is 0 Å². The molecule has 3 heteroatoms. The summed E-state index contributed by atoms with van der Waals surface area (Å²) in [5.74, 6) is 0. The Kier molecular flexibility index (Phi) is 3.78. The van der Waals surface area contributed by atoms with E-state index in [-0.39, 0.29) is 0 Å². The predicted molar refractivity (Wildman–Crippen MR) is 66.2 cm³/mol. The zero-order valence-corrected chi connectivity index (χ0v) is 10.2. The first-order valence-corrected chi connectivity index (χ1v) is 6.71. The van der Waals surface area contributed by atoms with Gasteiger partial charge in [-0.2, -0.15) is 11.3 Å². The molecule has 2 N–H and O–H groups in total. The highest BCUT2D eigenvalue weighted by molar-refractivity contribution is 7.07. The zero-order chi connectivity index (χ0) is 10.6. The minimum Gasteiger partial charge on any atom is -0.316 e. The van der Waals surface area contributed by atoms with Crippen molar-refractivity contribution in [2.75, 3.05) is 19.6 Å². The Hall–Kier alpha value is -0.380. The minimum absolute atomic E-state index is 0.510. The fourth-order valence-corrected chi connectivity index (χ4v) is 2.91. The highest BCUT2D eigenvalue weighted by Crippen LogP contribution is 2.28. The molecular weight excluding hydrogens is 204 g/mol. The van der Waals surface area contributed by atoms with E-state index < -0.39 is 0 Å². The van der Waals surface area contributed by atoms with Crippen molar-refractivity contribution < 1.29 is 0 Å². The van der Waals surface area contributed by atoms with Crippen molar-refractivity contribution in [1.29, 1.82) is 0 Å². The van der Waals surface area contributed by atoms with Crippen LogP contribution in [0.1, 0.15) is 25.3 Å². The average Bonchev–Trinajstić information content (AvgIpc) is 2.89. The van der Waals surface area contributed by atoms with Gasteiger partial charge in [0, 0.05) is 19.6 Å². The molecule has 1 saturated heterocycles. The van der Waals surface area contributed by atoms with Crippen molar-refractivity contribution >= 4 is 11.3 Å². The second-order valence-electron chi connectivity index (χ2n) is 4.52. The molecule has 0 amide bonds. The molecule has 2 rings (SSSR count). The van der Waals surface area contributed by atoms with E-state index in [1.165, 1.54) is 31.5 Å². The molecule has 2 heterocycles. The fourth-order valence-electron chi connectivity index (χ4n) is 2.24. The van der Waals surface area contributed by atoms with Crippen LogP contribution in [0.25, 0.3) is 0 Å². The van der Waals surface area contributed by atoms with Crippen LogP contribution in [0.5, 0.6) is 0 Å². The molecule has 1 aliphatic heterocycles. The van der Waals surface area contributed by atoms with Gasteiger partial charge in [0.2, 0.25) is 0 Å². The standard InChI is InChI=1S/C12H20N2S/c1-2-12(4-5-13-9-12)10-14-7-11-3-6-15-8-11/h3,6,8,13-14H,2,4-5,7,9-10H2,1H3. The maximum Gasteiger partial charge on any atom is 0.0213 e. The first kappa shape index (κ1) is 11.1. The molecule has 0 saturated carbocycles. The van der Waals surface area contributed by atoms with Crippen LogP contribution < -0.4 is 10.6 Å². The summed E-state index contributed by atoms with van der Waals surface area (Å²) in [4.78, 5) is 0. The second kappa shape index (κ2) is 5.10. The molecule has 1 atom stereocenters. The normalized spacial score (nSPS) is 25.9. The van der Waals surface area contributed by atoms with Gasteiger partial charge in [-0.15, -0.1) is 0 Å². The van der Waals surface area contributed by atoms with Crippen LogP contribution in [0.15, 0.2) is 16.8 Å². The molecule has 0 spiro atoms. The third kappa shape index (κ3) is 2.80. The molecule has 15 heavy (non-hydrogen) atoms. The Morgan fingerprint density at radius 1 is 1.60 bits per heavy atom. The molecule has 0 aromatic carbocycles. The van der Waals surface area contributed by atoms with Crippen LogP contribution in [0.2, 0.25) is 0 Å². The quantitative estimate of drug-likeness (QED) is 0.801. The van der Waals surface area contributed by atoms with Crippen molar-refractivity contribution in [3.05, 3.63) is 22.4 Å². The number of nitrogens with one attached hydrogen (secondary N) is 2. The summed E-state index contributed by atoms with van der Waals surface area (Å²) in [5, 5.41) is 11.4. The van der Waals surface area contributed by atoms with Crippen LogP contribution in [0, 0.1) is 5.41 Å². The Balaban J connectivity index is 1.77. The van der Waals surface area contributed by atoms with Crippen LogP contribution in [-0.2, 0) is 6.54 Å². The molecule has 1 fully saturated rings. The summed E-state index contributed by atoms with van der Waals surface area (Å²) >= 11 is 1.77. The van der Waals surface area contributed by atoms with E-state index in [9.17, 15) is 0 Å². The highest BCUT2D eigenvalue weighted by atomic mass is 32.1. The summed E-state index contributed by atoms with van der Waals surface area (Å²) in [6, 6.07) is 2.20. The molecule has 0 bridgehead atoms. The number of rotatable bonds is 5. The Morgan fingerprint density at radius 2 is 2.53 bits per heavy atom. The van der Waals surface area contributed by atoms with Gasteiger partial charge in [-0.1, -0.05) is 6.92 Å². The van der Waals surface area contributed by atoms with Gasteiger partial charge in [-0.05, 0) is 47.2 Å². The minimum atomic E-state index is 0.510. The predicted octanol–water partition coefficient (Wildman–Crippen LogP) is 2.23. The van der Waals surface area contributed by atoms with Crippen molar-refractivity contribution in [3.8, 4) is 0 Å². The molecular formula is C12H20N2S. The SMILES string of the molecule is CCC1(CNCc2ccsc2)CCNC1. The average molecular weight is 224 g/mol. The molecule has 0 radical (unpaired) electrons. The number of thiophene rings is 1. The van der Waals surface area contributed by atoms with Crippen LogP contribution in [0.4, 0.5) is 0 Å². The van der Waals surface area contributed by atoms with Crippen LogP contribution in [0.3, 0.4) is 0 Å². The monoisotopic (exact) mass is 224 g/mol. The van der Waals surface area contributed by atoms with E-state index in [4.69, 9.17) is 0 Å². The topological polar surface area (TPSA) is 24.1 Å². The second-order valence-corrected chi connectivity index (χ2v) is 5.30. The first-order chi connectivity index (χ1) is 7.35. The molecule has 84 valence electrons. The maximum atomic E-state index is 3.59. The third-order valence-electron chi connectivity index (χ3n) is 3.49. The van der Waals surface area contributed by atoms with Gasteiger partial charge in [-0.3, -0.25) is 0 Å². The van der Waals surface area contributed by atoms with E-state index in [1.807, 2.05) is 0 Å². The van der Waals surface area contributed by atoms with Gasteiger partial charge in [0.25, 0.3) is 0 Å². The summed E-state index contributed by atoms with van der Waals surface area (Å²) < 4.78 is 0. The van der Waals surface area contributed by atoms with Crippen molar-refractivity contribution in [3.63, 3.8) is 0 Å². The summed E-state index contributed by atoms with van der Waals surface area (Å²) in [5.41, 5.74) is 1.92. The van der Waals surface area contributed by atoms with Crippen molar-refractivity contribution in [2.24, 2.45) is 5.41 Å². The summed E-state index contributed by atoms with van der Waals surface area (Å²) in [7, 11) is 0. The Morgan fingerprint density at radius 3 is 3.13 bits per heavy atom. The van der Waals surface area contributed by atoms with E-state index in [1.54, 1.807) is 11.3 Å². The van der Waals surface area contributed by atoms with E-state index in [0.29, 0.717) is 5.41 Å². The Labute approximate surface area is 96.1 Å². The molecule has 1 aromatic heterocycles. The van der Waals surface area contributed by atoms with Gasteiger partial charge >= 0.3 is 0 Å². The van der Waals surface area contributed by atoms with Crippen molar-refractivity contribution in [1.82, 2.24) is 10.6 Å².